The number of hydrogen-bond donors (Lipinski definition) is 1. The van der Waals surface area contributed by atoms with Gasteiger partial charge in [0.25, 0.3) is 0 Å². The van der Waals surface area contributed by atoms with Gasteiger partial charge in [0, 0.05) is 25.1 Å². The van der Waals surface area contributed by atoms with Crippen molar-refractivity contribution in [3.8, 4) is 0 Å². The lowest BCUT2D eigenvalue weighted by Gasteiger charge is -2.20. The fourth-order valence-corrected chi connectivity index (χ4v) is 2.37. The number of rotatable bonds is 4. The number of aromatic nitrogens is 2. The molecule has 1 atom stereocenters. The smallest absolute Gasteiger partial charge is 0.134 e. The van der Waals surface area contributed by atoms with Gasteiger partial charge in [-0.25, -0.2) is 9.97 Å². The third-order valence-electron chi connectivity index (χ3n) is 3.25. The second kappa shape index (κ2) is 5.65. The highest BCUT2D eigenvalue weighted by molar-refractivity contribution is 6.29. The van der Waals surface area contributed by atoms with E-state index in [2.05, 4.69) is 27.2 Å². The Hall–Kier alpha value is -0.870. The normalized spacial score (nSPS) is 20.8. The standard InChI is InChI=1S/C12H19ClN4/c1-3-11-15-10(13)7-12(16-11)14-8-9-5-4-6-17(9)2/h7,9H,3-6,8H2,1-2H3,(H,14,15,16). The number of nitrogens with one attached hydrogen (secondary N) is 1. The second-order valence-electron chi connectivity index (χ2n) is 4.50. The number of likely N-dealkylation sites (N-methyl/N-ethyl adjacent to an activating group) is 1. The molecule has 0 saturated carbocycles. The Balaban J connectivity index is 1.96. The molecule has 2 heterocycles. The van der Waals surface area contributed by atoms with Crippen molar-refractivity contribution in [3.63, 3.8) is 0 Å². The molecule has 0 amide bonds. The number of nitrogens with zero attached hydrogens (tertiary/aromatic N) is 3. The lowest BCUT2D eigenvalue weighted by Crippen LogP contribution is -2.31. The van der Waals surface area contributed by atoms with Gasteiger partial charge in [-0.15, -0.1) is 0 Å². The molecule has 17 heavy (non-hydrogen) atoms. The molecule has 1 unspecified atom stereocenters. The Kier molecular flexibility index (Phi) is 4.18. The van der Waals surface area contributed by atoms with Gasteiger partial charge in [0.15, 0.2) is 0 Å². The van der Waals surface area contributed by atoms with Crippen LogP contribution in [0.5, 0.6) is 0 Å². The number of likely N-dealkylation sites (tertiary alicyclic amines) is 1. The molecule has 1 aromatic heterocycles. The maximum absolute atomic E-state index is 5.95. The van der Waals surface area contributed by atoms with E-state index in [-0.39, 0.29) is 0 Å². The number of halogens is 1. The summed E-state index contributed by atoms with van der Waals surface area (Å²) in [5, 5.41) is 3.87. The van der Waals surface area contributed by atoms with Gasteiger partial charge in [0.05, 0.1) is 0 Å². The molecular weight excluding hydrogens is 236 g/mol. The average Bonchev–Trinajstić information content (AvgIpc) is 2.71. The number of anilines is 1. The summed E-state index contributed by atoms with van der Waals surface area (Å²) >= 11 is 5.95. The zero-order valence-corrected chi connectivity index (χ0v) is 11.2. The van der Waals surface area contributed by atoms with E-state index in [1.54, 1.807) is 6.07 Å². The van der Waals surface area contributed by atoms with Crippen LogP contribution in [-0.4, -0.2) is 41.0 Å². The van der Waals surface area contributed by atoms with Crippen molar-refractivity contribution in [3.05, 3.63) is 17.0 Å². The summed E-state index contributed by atoms with van der Waals surface area (Å²) in [6.45, 7) is 4.14. The van der Waals surface area contributed by atoms with Crippen LogP contribution in [-0.2, 0) is 6.42 Å². The Morgan fingerprint density at radius 2 is 2.35 bits per heavy atom. The largest absolute Gasteiger partial charge is 0.368 e. The van der Waals surface area contributed by atoms with Crippen LogP contribution in [0.4, 0.5) is 5.82 Å². The first-order valence-corrected chi connectivity index (χ1v) is 6.54. The van der Waals surface area contributed by atoms with Crippen molar-refractivity contribution < 1.29 is 0 Å². The first-order chi connectivity index (χ1) is 8.19. The molecule has 1 saturated heterocycles. The maximum atomic E-state index is 5.95. The van der Waals surface area contributed by atoms with Gasteiger partial charge >= 0.3 is 0 Å². The van der Waals surface area contributed by atoms with Crippen molar-refractivity contribution >= 4 is 17.4 Å². The van der Waals surface area contributed by atoms with Crippen molar-refractivity contribution in [1.82, 2.24) is 14.9 Å². The van der Waals surface area contributed by atoms with E-state index in [1.165, 1.54) is 19.4 Å². The highest BCUT2D eigenvalue weighted by atomic mass is 35.5. The molecule has 0 aliphatic carbocycles. The number of hydrogen-bond acceptors (Lipinski definition) is 4. The van der Waals surface area contributed by atoms with Crippen LogP contribution >= 0.6 is 11.6 Å². The predicted octanol–water partition coefficient (Wildman–Crippen LogP) is 2.20. The Morgan fingerprint density at radius 3 is 3.00 bits per heavy atom. The quantitative estimate of drug-likeness (QED) is 0.837. The molecule has 0 spiro atoms. The Morgan fingerprint density at radius 1 is 1.53 bits per heavy atom. The molecular formula is C12H19ClN4. The molecule has 1 fully saturated rings. The molecule has 1 N–H and O–H groups in total. The first kappa shape index (κ1) is 12.6. The van der Waals surface area contributed by atoms with Crippen LogP contribution in [0, 0.1) is 0 Å². The molecule has 2 rings (SSSR count). The highest BCUT2D eigenvalue weighted by Crippen LogP contribution is 2.16. The van der Waals surface area contributed by atoms with Crippen molar-refractivity contribution in [1.29, 1.82) is 0 Å². The van der Waals surface area contributed by atoms with Gasteiger partial charge in [0.1, 0.15) is 16.8 Å². The van der Waals surface area contributed by atoms with E-state index in [0.717, 1.165) is 24.6 Å². The lowest BCUT2D eigenvalue weighted by atomic mass is 10.2. The molecule has 1 aromatic rings. The summed E-state index contributed by atoms with van der Waals surface area (Å²) in [6.07, 6.45) is 3.34. The minimum atomic E-state index is 0.513. The Bertz CT molecular complexity index is 383. The van der Waals surface area contributed by atoms with E-state index in [0.29, 0.717) is 11.2 Å². The third-order valence-corrected chi connectivity index (χ3v) is 3.44. The van der Waals surface area contributed by atoms with E-state index in [4.69, 9.17) is 11.6 Å². The van der Waals surface area contributed by atoms with Crippen molar-refractivity contribution in [2.75, 3.05) is 25.5 Å². The molecule has 94 valence electrons. The molecule has 4 nitrogen and oxygen atoms in total. The zero-order valence-electron chi connectivity index (χ0n) is 10.4. The minimum Gasteiger partial charge on any atom is -0.368 e. The van der Waals surface area contributed by atoms with E-state index < -0.39 is 0 Å². The summed E-state index contributed by atoms with van der Waals surface area (Å²) in [4.78, 5) is 10.9. The van der Waals surface area contributed by atoms with Gasteiger partial charge in [-0.05, 0) is 26.4 Å². The topological polar surface area (TPSA) is 41.1 Å². The van der Waals surface area contributed by atoms with Crippen LogP contribution < -0.4 is 5.32 Å². The molecule has 0 bridgehead atoms. The number of aryl methyl sites for hydroxylation is 1. The summed E-state index contributed by atoms with van der Waals surface area (Å²) in [7, 11) is 2.17. The van der Waals surface area contributed by atoms with Crippen molar-refractivity contribution in [2.24, 2.45) is 0 Å². The van der Waals surface area contributed by atoms with Gasteiger partial charge in [-0.2, -0.15) is 0 Å². The van der Waals surface area contributed by atoms with Crippen LogP contribution in [0.15, 0.2) is 6.07 Å². The van der Waals surface area contributed by atoms with E-state index in [9.17, 15) is 0 Å². The van der Waals surface area contributed by atoms with Crippen LogP contribution in [0.3, 0.4) is 0 Å². The van der Waals surface area contributed by atoms with Crippen molar-refractivity contribution in [2.45, 2.75) is 32.2 Å². The van der Waals surface area contributed by atoms with Gasteiger partial charge in [-0.3, -0.25) is 0 Å². The summed E-state index contributed by atoms with van der Waals surface area (Å²) < 4.78 is 0. The Labute approximate surface area is 107 Å². The predicted molar refractivity (Wildman–Crippen MR) is 70.6 cm³/mol. The minimum absolute atomic E-state index is 0.513. The van der Waals surface area contributed by atoms with Gasteiger partial charge < -0.3 is 10.2 Å². The molecule has 0 radical (unpaired) electrons. The monoisotopic (exact) mass is 254 g/mol. The fraction of sp³-hybridized carbons (Fsp3) is 0.667. The molecule has 5 heteroatoms. The fourth-order valence-electron chi connectivity index (χ4n) is 2.17. The van der Waals surface area contributed by atoms with Gasteiger partial charge in [-0.1, -0.05) is 18.5 Å². The molecule has 1 aliphatic rings. The second-order valence-corrected chi connectivity index (χ2v) is 4.89. The van der Waals surface area contributed by atoms with Crippen LogP contribution in [0.2, 0.25) is 5.15 Å². The summed E-state index contributed by atoms with van der Waals surface area (Å²) in [6, 6.07) is 2.39. The van der Waals surface area contributed by atoms with Crippen LogP contribution in [0.25, 0.3) is 0 Å². The molecule has 0 aromatic carbocycles. The highest BCUT2D eigenvalue weighted by Gasteiger charge is 2.20. The third kappa shape index (κ3) is 3.30. The first-order valence-electron chi connectivity index (χ1n) is 6.16. The zero-order chi connectivity index (χ0) is 12.3. The van der Waals surface area contributed by atoms with E-state index >= 15 is 0 Å². The SMILES string of the molecule is CCc1nc(Cl)cc(NCC2CCCN2C)n1. The molecule has 1 aliphatic heterocycles. The summed E-state index contributed by atoms with van der Waals surface area (Å²) in [5.74, 6) is 1.63. The van der Waals surface area contributed by atoms with Crippen LogP contribution in [0.1, 0.15) is 25.6 Å². The van der Waals surface area contributed by atoms with E-state index in [1.807, 2.05) is 6.92 Å². The maximum Gasteiger partial charge on any atom is 0.134 e. The summed E-state index contributed by atoms with van der Waals surface area (Å²) in [5.41, 5.74) is 0. The lowest BCUT2D eigenvalue weighted by molar-refractivity contribution is 0.322. The average molecular weight is 255 g/mol. The van der Waals surface area contributed by atoms with Gasteiger partial charge in [0.2, 0.25) is 0 Å².